The van der Waals surface area contributed by atoms with Crippen LogP contribution in [0.25, 0.3) is 11.6 Å². The van der Waals surface area contributed by atoms with Crippen molar-refractivity contribution in [2.45, 2.75) is 20.0 Å². The highest BCUT2D eigenvalue weighted by Crippen LogP contribution is 2.15. The van der Waals surface area contributed by atoms with Gasteiger partial charge in [0.25, 0.3) is 0 Å². The Hall–Kier alpha value is -2.50. The van der Waals surface area contributed by atoms with E-state index in [1.54, 1.807) is 18.7 Å². The second-order valence-electron chi connectivity index (χ2n) is 4.14. The van der Waals surface area contributed by atoms with Gasteiger partial charge >= 0.3 is 0 Å². The smallest absolute Gasteiger partial charge is 0.194 e. The largest absolute Gasteiger partial charge is 0.324 e. The number of rotatable bonds is 4. The van der Waals surface area contributed by atoms with E-state index in [9.17, 15) is 0 Å². The second kappa shape index (κ2) is 5.01. The van der Waals surface area contributed by atoms with Crippen LogP contribution in [-0.4, -0.2) is 29.3 Å². The summed E-state index contributed by atoms with van der Waals surface area (Å²) in [6.07, 6.45) is 8.90. The molecule has 3 aromatic heterocycles. The molecule has 6 nitrogen and oxygen atoms in total. The molecule has 0 radical (unpaired) electrons. The maximum absolute atomic E-state index is 4.38. The topological polar surface area (TPSA) is 61.4 Å². The lowest BCUT2D eigenvalue weighted by molar-refractivity contribution is 0.656. The van der Waals surface area contributed by atoms with Crippen LogP contribution in [0, 0.1) is 0 Å². The zero-order chi connectivity index (χ0) is 13.1. The molecular weight excluding hydrogens is 240 g/mol. The number of imidazole rings is 1. The molecule has 0 N–H and O–H groups in total. The van der Waals surface area contributed by atoms with Crippen LogP contribution in [0.4, 0.5) is 0 Å². The molecule has 3 rings (SSSR count). The van der Waals surface area contributed by atoms with Crippen LogP contribution >= 0.6 is 0 Å². The van der Waals surface area contributed by atoms with Gasteiger partial charge in [-0.05, 0) is 18.6 Å². The zero-order valence-electron chi connectivity index (χ0n) is 10.6. The summed E-state index contributed by atoms with van der Waals surface area (Å²) in [6.45, 7) is 3.53. The molecular formula is C13H14N6. The third-order valence-electron chi connectivity index (χ3n) is 2.91. The van der Waals surface area contributed by atoms with Crippen molar-refractivity contribution in [2.24, 2.45) is 0 Å². The number of aryl methyl sites for hydroxylation is 1. The molecule has 19 heavy (non-hydrogen) atoms. The molecule has 0 saturated carbocycles. The van der Waals surface area contributed by atoms with Crippen LogP contribution in [0.5, 0.6) is 0 Å². The van der Waals surface area contributed by atoms with Crippen LogP contribution in [0.2, 0.25) is 0 Å². The van der Waals surface area contributed by atoms with Gasteiger partial charge in [-0.3, -0.25) is 4.98 Å². The Kier molecular flexibility index (Phi) is 3.06. The summed E-state index contributed by atoms with van der Waals surface area (Å²) in [5.41, 5.74) is 1.13. The molecule has 0 fully saturated rings. The highest BCUT2D eigenvalue weighted by atomic mass is 15.3. The average Bonchev–Trinajstić information content (AvgIpc) is 3.07. The van der Waals surface area contributed by atoms with Crippen molar-refractivity contribution in [2.75, 3.05) is 0 Å². The minimum atomic E-state index is 0.722. The lowest BCUT2D eigenvalue weighted by Gasteiger charge is -2.07. The molecule has 96 valence electrons. The minimum absolute atomic E-state index is 0.722. The molecule has 0 saturated heterocycles. The van der Waals surface area contributed by atoms with E-state index < -0.39 is 0 Å². The first-order valence-corrected chi connectivity index (χ1v) is 6.16. The molecule has 0 atom stereocenters. The fourth-order valence-electron chi connectivity index (χ4n) is 2.00. The number of nitrogens with zero attached hydrogens (tertiary/aromatic N) is 6. The SMILES string of the molecule is CCn1ncnc1-c1nccn1Cc1cccnc1. The first-order chi connectivity index (χ1) is 9.38. The second-order valence-corrected chi connectivity index (χ2v) is 4.14. The lowest BCUT2D eigenvalue weighted by Crippen LogP contribution is -2.06. The van der Waals surface area contributed by atoms with Gasteiger partial charge in [-0.1, -0.05) is 6.07 Å². The maximum atomic E-state index is 4.38. The first kappa shape index (κ1) is 11.6. The Balaban J connectivity index is 1.95. The third-order valence-corrected chi connectivity index (χ3v) is 2.91. The molecule has 0 aromatic carbocycles. The van der Waals surface area contributed by atoms with E-state index in [0.29, 0.717) is 0 Å². The Morgan fingerprint density at radius 1 is 1.16 bits per heavy atom. The average molecular weight is 254 g/mol. The van der Waals surface area contributed by atoms with Crippen molar-refractivity contribution in [3.05, 3.63) is 48.8 Å². The predicted octanol–water partition coefficient (Wildman–Crippen LogP) is 1.60. The lowest BCUT2D eigenvalue weighted by atomic mass is 10.3. The van der Waals surface area contributed by atoms with E-state index in [0.717, 1.165) is 30.3 Å². The van der Waals surface area contributed by atoms with Crippen LogP contribution < -0.4 is 0 Å². The summed E-state index contributed by atoms with van der Waals surface area (Å²) in [4.78, 5) is 12.8. The van der Waals surface area contributed by atoms with E-state index >= 15 is 0 Å². The summed E-state index contributed by atoms with van der Waals surface area (Å²) in [5.74, 6) is 1.61. The van der Waals surface area contributed by atoms with Crippen molar-refractivity contribution in [3.63, 3.8) is 0 Å². The van der Waals surface area contributed by atoms with E-state index in [1.807, 2.05) is 40.7 Å². The van der Waals surface area contributed by atoms with Gasteiger partial charge in [0.15, 0.2) is 11.6 Å². The van der Waals surface area contributed by atoms with E-state index in [4.69, 9.17) is 0 Å². The van der Waals surface area contributed by atoms with Crippen molar-refractivity contribution in [1.82, 2.24) is 29.3 Å². The van der Waals surface area contributed by atoms with Crippen molar-refractivity contribution >= 4 is 0 Å². The molecule has 0 aliphatic carbocycles. The Labute approximate surface area is 110 Å². The van der Waals surface area contributed by atoms with Gasteiger partial charge in [0.2, 0.25) is 0 Å². The molecule has 0 spiro atoms. The Morgan fingerprint density at radius 2 is 2.11 bits per heavy atom. The fraction of sp³-hybridized carbons (Fsp3) is 0.231. The van der Waals surface area contributed by atoms with Crippen LogP contribution in [0.1, 0.15) is 12.5 Å². The summed E-state index contributed by atoms with van der Waals surface area (Å²) < 4.78 is 3.88. The van der Waals surface area contributed by atoms with Gasteiger partial charge in [0, 0.05) is 31.3 Å². The Bertz CT molecular complexity index is 655. The number of hydrogen-bond acceptors (Lipinski definition) is 4. The van der Waals surface area contributed by atoms with E-state index in [1.165, 1.54) is 0 Å². The highest BCUT2D eigenvalue weighted by Gasteiger charge is 2.12. The molecule has 3 heterocycles. The summed E-state index contributed by atoms with van der Waals surface area (Å²) in [7, 11) is 0. The van der Waals surface area contributed by atoms with Gasteiger partial charge < -0.3 is 4.57 Å². The van der Waals surface area contributed by atoms with Crippen molar-refractivity contribution in [3.8, 4) is 11.6 Å². The standard InChI is InChI=1S/C13H14N6/c1-2-19-13(16-10-17-19)12-15-6-7-18(12)9-11-4-3-5-14-8-11/h3-8,10H,2,9H2,1H3. The van der Waals surface area contributed by atoms with Crippen molar-refractivity contribution in [1.29, 1.82) is 0 Å². The monoisotopic (exact) mass is 254 g/mol. The highest BCUT2D eigenvalue weighted by molar-refractivity contribution is 5.44. The van der Waals surface area contributed by atoms with Gasteiger partial charge in [-0.25, -0.2) is 14.6 Å². The van der Waals surface area contributed by atoms with Gasteiger partial charge in [0.05, 0.1) is 6.54 Å². The number of hydrogen-bond donors (Lipinski definition) is 0. The molecule has 0 unspecified atom stereocenters. The quantitative estimate of drug-likeness (QED) is 0.709. The normalized spacial score (nSPS) is 10.8. The van der Waals surface area contributed by atoms with E-state index in [2.05, 4.69) is 20.1 Å². The molecule has 0 aliphatic heterocycles. The van der Waals surface area contributed by atoms with Crippen LogP contribution in [0.3, 0.4) is 0 Å². The maximum Gasteiger partial charge on any atom is 0.194 e. The number of aromatic nitrogens is 6. The molecule has 0 aliphatic rings. The van der Waals surface area contributed by atoms with E-state index in [-0.39, 0.29) is 0 Å². The van der Waals surface area contributed by atoms with Gasteiger partial charge in [0.1, 0.15) is 6.33 Å². The molecule has 6 heteroatoms. The van der Waals surface area contributed by atoms with Gasteiger partial charge in [-0.2, -0.15) is 5.10 Å². The molecule has 0 amide bonds. The van der Waals surface area contributed by atoms with Crippen molar-refractivity contribution < 1.29 is 0 Å². The summed E-state index contributed by atoms with van der Waals surface area (Å²) >= 11 is 0. The van der Waals surface area contributed by atoms with Gasteiger partial charge in [-0.15, -0.1) is 0 Å². The summed E-state index contributed by atoms with van der Waals surface area (Å²) in [6, 6.07) is 3.97. The zero-order valence-corrected chi connectivity index (χ0v) is 10.6. The minimum Gasteiger partial charge on any atom is -0.324 e. The summed E-state index contributed by atoms with van der Waals surface area (Å²) in [5, 5.41) is 4.18. The number of pyridine rings is 1. The predicted molar refractivity (Wildman–Crippen MR) is 70.3 cm³/mol. The third kappa shape index (κ3) is 2.24. The molecule has 0 bridgehead atoms. The van der Waals surface area contributed by atoms with Crippen LogP contribution in [0.15, 0.2) is 43.2 Å². The van der Waals surface area contributed by atoms with Crippen LogP contribution in [-0.2, 0) is 13.1 Å². The first-order valence-electron chi connectivity index (χ1n) is 6.16. The fourth-order valence-corrected chi connectivity index (χ4v) is 2.00. The molecule has 3 aromatic rings. The Morgan fingerprint density at radius 3 is 2.89 bits per heavy atom.